The maximum Gasteiger partial charge on any atom is 0.0637 e. The van der Waals surface area contributed by atoms with Crippen molar-refractivity contribution < 1.29 is 9.47 Å². The van der Waals surface area contributed by atoms with Crippen molar-refractivity contribution in [1.82, 2.24) is 0 Å². The molecule has 0 unspecified atom stereocenters. The molecule has 3 nitrogen and oxygen atoms in total. The Morgan fingerprint density at radius 2 is 1.55 bits per heavy atom. The van der Waals surface area contributed by atoms with Gasteiger partial charge in [0, 0.05) is 38.9 Å². The Morgan fingerprint density at radius 1 is 0.950 bits per heavy atom. The molecule has 0 heterocycles. The van der Waals surface area contributed by atoms with Gasteiger partial charge < -0.3 is 14.4 Å². The first-order chi connectivity index (χ1) is 9.86. The lowest BCUT2D eigenvalue weighted by atomic mass is 9.98. The number of allylic oxidation sites excluding steroid dienone is 4. The maximum atomic E-state index is 5.23. The molecule has 0 aliphatic heterocycles. The standard InChI is InChI=1S/C17H23NO2/c1-19-13-11-18(12-14-20-2)17-10-6-5-9-16(17)15-7-3-4-8-15/h3-10,15H,11-14H2,1-2H3. The third kappa shape index (κ3) is 3.71. The minimum absolute atomic E-state index is 0.374. The van der Waals surface area contributed by atoms with Crippen LogP contribution in [0.25, 0.3) is 0 Å². The van der Waals surface area contributed by atoms with Crippen LogP contribution < -0.4 is 4.90 Å². The summed E-state index contributed by atoms with van der Waals surface area (Å²) in [6, 6.07) is 8.57. The summed E-state index contributed by atoms with van der Waals surface area (Å²) in [5.41, 5.74) is 2.60. The van der Waals surface area contributed by atoms with Crippen molar-refractivity contribution in [3.8, 4) is 0 Å². The summed E-state index contributed by atoms with van der Waals surface area (Å²) in [5, 5.41) is 0. The first kappa shape index (κ1) is 14.8. The van der Waals surface area contributed by atoms with E-state index in [1.54, 1.807) is 14.2 Å². The van der Waals surface area contributed by atoms with Crippen molar-refractivity contribution in [2.75, 3.05) is 45.4 Å². The molecule has 0 saturated heterocycles. The lowest BCUT2D eigenvalue weighted by Gasteiger charge is -2.27. The zero-order valence-electron chi connectivity index (χ0n) is 12.3. The Morgan fingerprint density at radius 3 is 2.15 bits per heavy atom. The molecule has 20 heavy (non-hydrogen) atoms. The fourth-order valence-corrected chi connectivity index (χ4v) is 2.45. The molecule has 0 N–H and O–H groups in total. The first-order valence-corrected chi connectivity index (χ1v) is 7.03. The van der Waals surface area contributed by atoms with Crippen LogP contribution in [0.4, 0.5) is 5.69 Å². The van der Waals surface area contributed by atoms with Gasteiger partial charge >= 0.3 is 0 Å². The molecule has 1 aromatic carbocycles. The molecule has 0 saturated carbocycles. The highest BCUT2D eigenvalue weighted by atomic mass is 16.5. The van der Waals surface area contributed by atoms with Crippen molar-refractivity contribution >= 4 is 5.69 Å². The van der Waals surface area contributed by atoms with Gasteiger partial charge in [0.05, 0.1) is 13.2 Å². The van der Waals surface area contributed by atoms with Gasteiger partial charge in [-0.1, -0.05) is 42.5 Å². The van der Waals surface area contributed by atoms with Crippen LogP contribution in [0.5, 0.6) is 0 Å². The van der Waals surface area contributed by atoms with E-state index < -0.39 is 0 Å². The predicted molar refractivity (Wildman–Crippen MR) is 83.4 cm³/mol. The highest BCUT2D eigenvalue weighted by Crippen LogP contribution is 2.31. The van der Waals surface area contributed by atoms with E-state index >= 15 is 0 Å². The van der Waals surface area contributed by atoms with Gasteiger partial charge in [-0.2, -0.15) is 0 Å². The summed E-state index contributed by atoms with van der Waals surface area (Å²) in [5.74, 6) is 0.374. The highest BCUT2D eigenvalue weighted by molar-refractivity contribution is 5.58. The molecule has 0 bridgehead atoms. The molecule has 0 atom stereocenters. The third-order valence-corrected chi connectivity index (χ3v) is 3.52. The topological polar surface area (TPSA) is 21.7 Å². The molecule has 1 aliphatic carbocycles. The lowest BCUT2D eigenvalue weighted by Crippen LogP contribution is -2.31. The van der Waals surface area contributed by atoms with Gasteiger partial charge in [0.1, 0.15) is 0 Å². The van der Waals surface area contributed by atoms with Crippen molar-refractivity contribution in [3.05, 3.63) is 54.1 Å². The number of nitrogens with zero attached hydrogens (tertiary/aromatic N) is 1. The van der Waals surface area contributed by atoms with E-state index in [9.17, 15) is 0 Å². The average Bonchev–Trinajstić information content (AvgIpc) is 3.02. The van der Waals surface area contributed by atoms with E-state index in [1.165, 1.54) is 11.3 Å². The van der Waals surface area contributed by atoms with E-state index in [0.717, 1.165) is 13.1 Å². The van der Waals surface area contributed by atoms with E-state index in [2.05, 4.69) is 53.5 Å². The maximum absolute atomic E-state index is 5.23. The molecule has 2 rings (SSSR count). The van der Waals surface area contributed by atoms with Crippen LogP contribution >= 0.6 is 0 Å². The predicted octanol–water partition coefficient (Wildman–Crippen LogP) is 3.00. The Balaban J connectivity index is 2.21. The summed E-state index contributed by atoms with van der Waals surface area (Å²) in [6.07, 6.45) is 8.67. The number of hydrogen-bond donors (Lipinski definition) is 0. The molecule has 1 aliphatic rings. The minimum Gasteiger partial charge on any atom is -0.383 e. The van der Waals surface area contributed by atoms with Crippen molar-refractivity contribution in [3.63, 3.8) is 0 Å². The SMILES string of the molecule is COCCN(CCOC)c1ccccc1C1C=CC=C1. The largest absolute Gasteiger partial charge is 0.383 e. The molecular weight excluding hydrogens is 250 g/mol. The van der Waals surface area contributed by atoms with Gasteiger partial charge in [0.15, 0.2) is 0 Å². The molecular formula is C17H23NO2. The Labute approximate surface area is 121 Å². The Bertz CT molecular complexity index is 448. The molecule has 0 spiro atoms. The second-order valence-electron chi connectivity index (χ2n) is 4.83. The highest BCUT2D eigenvalue weighted by Gasteiger charge is 2.16. The number of methoxy groups -OCH3 is 2. The van der Waals surface area contributed by atoms with Crippen molar-refractivity contribution in [2.24, 2.45) is 0 Å². The quantitative estimate of drug-likeness (QED) is 0.727. The van der Waals surface area contributed by atoms with E-state index in [4.69, 9.17) is 9.47 Å². The van der Waals surface area contributed by atoms with Crippen LogP contribution in [-0.4, -0.2) is 40.5 Å². The molecule has 1 aromatic rings. The van der Waals surface area contributed by atoms with Crippen molar-refractivity contribution in [1.29, 1.82) is 0 Å². The number of hydrogen-bond acceptors (Lipinski definition) is 3. The third-order valence-electron chi connectivity index (χ3n) is 3.52. The van der Waals surface area contributed by atoms with E-state index in [1.807, 2.05) is 0 Å². The fourth-order valence-electron chi connectivity index (χ4n) is 2.45. The van der Waals surface area contributed by atoms with Gasteiger partial charge in [0.25, 0.3) is 0 Å². The van der Waals surface area contributed by atoms with Gasteiger partial charge in [-0.25, -0.2) is 0 Å². The first-order valence-electron chi connectivity index (χ1n) is 7.03. The number of rotatable bonds is 8. The second-order valence-corrected chi connectivity index (χ2v) is 4.83. The summed E-state index contributed by atoms with van der Waals surface area (Å²) >= 11 is 0. The normalized spacial score (nSPS) is 14.1. The van der Waals surface area contributed by atoms with Crippen LogP contribution in [0.2, 0.25) is 0 Å². The molecule has 0 fully saturated rings. The van der Waals surface area contributed by atoms with Crippen LogP contribution in [0, 0.1) is 0 Å². The van der Waals surface area contributed by atoms with Gasteiger partial charge in [-0.05, 0) is 11.6 Å². The van der Waals surface area contributed by atoms with Crippen LogP contribution in [0.15, 0.2) is 48.6 Å². The zero-order chi connectivity index (χ0) is 14.2. The van der Waals surface area contributed by atoms with Crippen LogP contribution in [-0.2, 0) is 9.47 Å². The molecule has 0 aromatic heterocycles. The molecule has 3 heteroatoms. The van der Waals surface area contributed by atoms with Gasteiger partial charge in [-0.15, -0.1) is 0 Å². The number of benzene rings is 1. The molecule has 0 radical (unpaired) electrons. The molecule has 108 valence electrons. The summed E-state index contributed by atoms with van der Waals surface area (Å²) in [6.45, 7) is 3.18. The zero-order valence-corrected chi connectivity index (χ0v) is 12.3. The van der Waals surface area contributed by atoms with Crippen LogP contribution in [0.1, 0.15) is 11.5 Å². The summed E-state index contributed by atoms with van der Waals surface area (Å²) in [7, 11) is 3.48. The average molecular weight is 273 g/mol. The number of ether oxygens (including phenoxy) is 2. The van der Waals surface area contributed by atoms with Crippen LogP contribution in [0.3, 0.4) is 0 Å². The monoisotopic (exact) mass is 273 g/mol. The van der Waals surface area contributed by atoms with Gasteiger partial charge in [-0.3, -0.25) is 0 Å². The lowest BCUT2D eigenvalue weighted by molar-refractivity contribution is 0.190. The molecule has 0 amide bonds. The smallest absolute Gasteiger partial charge is 0.0637 e. The number of anilines is 1. The Kier molecular flexibility index (Phi) is 5.84. The van der Waals surface area contributed by atoms with E-state index in [0.29, 0.717) is 19.1 Å². The Hall–Kier alpha value is -1.58. The second kappa shape index (κ2) is 7.88. The fraction of sp³-hybridized carbons (Fsp3) is 0.412. The summed E-state index contributed by atoms with van der Waals surface area (Å²) in [4.78, 5) is 2.34. The van der Waals surface area contributed by atoms with E-state index in [-0.39, 0.29) is 0 Å². The minimum atomic E-state index is 0.374. The summed E-state index contributed by atoms with van der Waals surface area (Å²) < 4.78 is 10.5. The van der Waals surface area contributed by atoms with Crippen molar-refractivity contribution in [2.45, 2.75) is 5.92 Å². The van der Waals surface area contributed by atoms with Gasteiger partial charge in [0.2, 0.25) is 0 Å². The number of para-hydroxylation sites is 1.